The Kier molecular flexibility index (Phi) is 7.36. The Labute approximate surface area is 125 Å². The number of carbonyl (C=O) groups is 1. The molecule has 0 spiro atoms. The van der Waals surface area contributed by atoms with Crippen LogP contribution in [0.2, 0.25) is 0 Å². The summed E-state index contributed by atoms with van der Waals surface area (Å²) >= 11 is 0. The van der Waals surface area contributed by atoms with Gasteiger partial charge in [0.15, 0.2) is 0 Å². The molecule has 1 aromatic rings. The zero-order chi connectivity index (χ0) is 13.5. The summed E-state index contributed by atoms with van der Waals surface area (Å²) in [5, 5.41) is 6.17. The lowest BCUT2D eigenvalue weighted by Crippen LogP contribution is -2.44. The van der Waals surface area contributed by atoms with E-state index in [0.717, 1.165) is 24.5 Å². The van der Waals surface area contributed by atoms with Crippen molar-refractivity contribution in [2.24, 2.45) is 0 Å². The van der Waals surface area contributed by atoms with Crippen molar-refractivity contribution in [2.45, 2.75) is 19.0 Å². The Morgan fingerprint density at radius 3 is 3.10 bits per heavy atom. The van der Waals surface area contributed by atoms with E-state index >= 15 is 0 Å². The monoisotopic (exact) mass is 300 g/mol. The van der Waals surface area contributed by atoms with Crippen LogP contribution in [0, 0.1) is 0 Å². The minimum Gasteiger partial charge on any atom is -0.497 e. The second-order valence-electron chi connectivity index (χ2n) is 4.56. The summed E-state index contributed by atoms with van der Waals surface area (Å²) in [6, 6.07) is 7.80. The molecule has 2 N–H and O–H groups in total. The predicted molar refractivity (Wildman–Crippen MR) is 79.3 cm³/mol. The number of ether oxygens (including phenoxy) is 2. The molecule has 5 nitrogen and oxygen atoms in total. The number of methoxy groups -OCH3 is 1. The smallest absolute Gasteiger partial charge is 0.221 e. The number of hydrogen-bond donors (Lipinski definition) is 2. The average molecular weight is 301 g/mol. The highest BCUT2D eigenvalue weighted by Gasteiger charge is 2.16. The highest BCUT2D eigenvalue weighted by molar-refractivity contribution is 5.85. The van der Waals surface area contributed by atoms with Crippen molar-refractivity contribution in [1.29, 1.82) is 0 Å². The Bertz CT molecular complexity index is 423. The maximum absolute atomic E-state index is 11.8. The van der Waals surface area contributed by atoms with Gasteiger partial charge in [-0.1, -0.05) is 12.1 Å². The summed E-state index contributed by atoms with van der Waals surface area (Å²) in [4.78, 5) is 11.8. The molecule has 1 aliphatic rings. The molecule has 0 aliphatic carbocycles. The van der Waals surface area contributed by atoms with E-state index in [1.54, 1.807) is 7.11 Å². The largest absolute Gasteiger partial charge is 0.497 e. The number of nitrogens with one attached hydrogen (secondary N) is 2. The van der Waals surface area contributed by atoms with Crippen LogP contribution in [0.5, 0.6) is 5.75 Å². The van der Waals surface area contributed by atoms with Crippen LogP contribution in [0.15, 0.2) is 24.3 Å². The lowest BCUT2D eigenvalue weighted by atomic mass is 10.1. The summed E-state index contributed by atoms with van der Waals surface area (Å²) in [5.74, 6) is 0.833. The van der Waals surface area contributed by atoms with Crippen LogP contribution >= 0.6 is 12.4 Å². The van der Waals surface area contributed by atoms with E-state index < -0.39 is 0 Å². The molecular formula is C14H21ClN2O3. The number of carbonyl (C=O) groups excluding carboxylic acids is 1. The van der Waals surface area contributed by atoms with Gasteiger partial charge < -0.3 is 20.1 Å². The molecule has 6 heteroatoms. The van der Waals surface area contributed by atoms with E-state index in [1.807, 2.05) is 24.3 Å². The van der Waals surface area contributed by atoms with Gasteiger partial charge in [-0.15, -0.1) is 12.4 Å². The van der Waals surface area contributed by atoms with Crippen molar-refractivity contribution in [3.63, 3.8) is 0 Å². The fourth-order valence-electron chi connectivity index (χ4n) is 2.03. The third-order valence-electron chi connectivity index (χ3n) is 3.05. The number of morpholine rings is 1. The van der Waals surface area contributed by atoms with Gasteiger partial charge in [0.2, 0.25) is 5.91 Å². The highest BCUT2D eigenvalue weighted by atomic mass is 35.5. The SMILES string of the molecule is COc1cccc(CNC(=O)CC2COCCN2)c1.Cl. The zero-order valence-electron chi connectivity index (χ0n) is 11.6. The lowest BCUT2D eigenvalue weighted by molar-refractivity contribution is -0.122. The standard InChI is InChI=1S/C14H20N2O3.ClH/c1-18-13-4-2-3-11(7-13)9-16-14(17)8-12-10-19-6-5-15-12;/h2-4,7,12,15H,5-6,8-10H2,1H3,(H,16,17);1H. The first kappa shape index (κ1) is 16.8. The summed E-state index contributed by atoms with van der Waals surface area (Å²) in [6.07, 6.45) is 0.448. The third-order valence-corrected chi connectivity index (χ3v) is 3.05. The van der Waals surface area contributed by atoms with Crippen molar-refractivity contribution >= 4 is 18.3 Å². The van der Waals surface area contributed by atoms with Crippen LogP contribution < -0.4 is 15.4 Å². The second-order valence-corrected chi connectivity index (χ2v) is 4.56. The second kappa shape index (κ2) is 8.79. The summed E-state index contributed by atoms with van der Waals surface area (Å²) < 4.78 is 10.5. The molecular weight excluding hydrogens is 280 g/mol. The van der Waals surface area contributed by atoms with E-state index in [4.69, 9.17) is 9.47 Å². The molecule has 1 amide bonds. The van der Waals surface area contributed by atoms with Crippen LogP contribution in [0.3, 0.4) is 0 Å². The molecule has 2 rings (SSSR count). The lowest BCUT2D eigenvalue weighted by Gasteiger charge is -2.23. The van der Waals surface area contributed by atoms with Gasteiger partial charge in [-0.25, -0.2) is 0 Å². The van der Waals surface area contributed by atoms with Crippen molar-refractivity contribution in [2.75, 3.05) is 26.9 Å². The van der Waals surface area contributed by atoms with Gasteiger partial charge in [0.1, 0.15) is 5.75 Å². The van der Waals surface area contributed by atoms with E-state index in [2.05, 4.69) is 10.6 Å². The molecule has 1 saturated heterocycles. The van der Waals surface area contributed by atoms with Crippen LogP contribution in [0.25, 0.3) is 0 Å². The first-order valence-corrected chi connectivity index (χ1v) is 6.48. The van der Waals surface area contributed by atoms with Crippen LogP contribution in [0.4, 0.5) is 0 Å². The Balaban J connectivity index is 0.00000200. The molecule has 1 aromatic carbocycles. The van der Waals surface area contributed by atoms with E-state index in [-0.39, 0.29) is 24.4 Å². The van der Waals surface area contributed by atoms with Crippen molar-refractivity contribution < 1.29 is 14.3 Å². The minimum atomic E-state index is 0. The molecule has 0 radical (unpaired) electrons. The van der Waals surface area contributed by atoms with E-state index in [9.17, 15) is 4.79 Å². The van der Waals surface area contributed by atoms with E-state index in [0.29, 0.717) is 19.6 Å². The Morgan fingerprint density at radius 1 is 1.55 bits per heavy atom. The number of rotatable bonds is 5. The summed E-state index contributed by atoms with van der Waals surface area (Å²) in [6.45, 7) is 2.66. The van der Waals surface area contributed by atoms with Gasteiger partial charge in [-0.05, 0) is 17.7 Å². The molecule has 1 fully saturated rings. The number of benzene rings is 1. The minimum absolute atomic E-state index is 0. The highest BCUT2D eigenvalue weighted by Crippen LogP contribution is 2.12. The van der Waals surface area contributed by atoms with Crippen molar-refractivity contribution in [1.82, 2.24) is 10.6 Å². The van der Waals surface area contributed by atoms with Gasteiger partial charge in [0.05, 0.1) is 20.3 Å². The normalized spacial score (nSPS) is 17.9. The Hall–Kier alpha value is -1.30. The summed E-state index contributed by atoms with van der Waals surface area (Å²) in [7, 11) is 1.63. The van der Waals surface area contributed by atoms with Crippen LogP contribution in [0.1, 0.15) is 12.0 Å². The van der Waals surface area contributed by atoms with Crippen LogP contribution in [-0.4, -0.2) is 38.8 Å². The number of hydrogen-bond acceptors (Lipinski definition) is 4. The summed E-state index contributed by atoms with van der Waals surface area (Å²) in [5.41, 5.74) is 1.03. The number of halogens is 1. The average Bonchev–Trinajstić information content (AvgIpc) is 2.46. The molecule has 0 saturated carbocycles. The van der Waals surface area contributed by atoms with E-state index in [1.165, 1.54) is 0 Å². The van der Waals surface area contributed by atoms with Crippen LogP contribution in [-0.2, 0) is 16.1 Å². The maximum atomic E-state index is 11.8. The molecule has 1 atom stereocenters. The molecule has 1 heterocycles. The quantitative estimate of drug-likeness (QED) is 0.855. The fourth-order valence-corrected chi connectivity index (χ4v) is 2.03. The first-order chi connectivity index (χ1) is 9.28. The van der Waals surface area contributed by atoms with Crippen molar-refractivity contribution in [3.05, 3.63) is 29.8 Å². The van der Waals surface area contributed by atoms with Crippen molar-refractivity contribution in [3.8, 4) is 5.75 Å². The number of amides is 1. The topological polar surface area (TPSA) is 59.6 Å². The first-order valence-electron chi connectivity index (χ1n) is 6.48. The Morgan fingerprint density at radius 2 is 2.40 bits per heavy atom. The predicted octanol–water partition coefficient (Wildman–Crippen LogP) is 1.11. The zero-order valence-corrected chi connectivity index (χ0v) is 12.4. The molecule has 1 aliphatic heterocycles. The maximum Gasteiger partial charge on any atom is 0.221 e. The third kappa shape index (κ3) is 5.36. The van der Waals surface area contributed by atoms with Gasteiger partial charge in [-0.3, -0.25) is 4.79 Å². The van der Waals surface area contributed by atoms with Gasteiger partial charge in [-0.2, -0.15) is 0 Å². The molecule has 1 unspecified atom stereocenters. The van der Waals surface area contributed by atoms with Gasteiger partial charge in [0, 0.05) is 25.6 Å². The van der Waals surface area contributed by atoms with Gasteiger partial charge in [0.25, 0.3) is 0 Å². The van der Waals surface area contributed by atoms with Gasteiger partial charge >= 0.3 is 0 Å². The molecule has 20 heavy (non-hydrogen) atoms. The molecule has 112 valence electrons. The molecule has 0 aromatic heterocycles. The fraction of sp³-hybridized carbons (Fsp3) is 0.500. The molecule has 0 bridgehead atoms.